The number of aromatic nitrogens is 1. The van der Waals surface area contributed by atoms with Crippen LogP contribution in [0.3, 0.4) is 0 Å². The van der Waals surface area contributed by atoms with E-state index in [9.17, 15) is 0 Å². The topological polar surface area (TPSA) is 3.88 Å². The first-order chi connectivity index (χ1) is 9.00. The zero-order valence-electron chi connectivity index (χ0n) is 14.2. The Hall–Kier alpha value is -0.890. The first-order valence-electron chi connectivity index (χ1n) is 7.42. The molecule has 0 N–H and O–H groups in total. The van der Waals surface area contributed by atoms with Crippen LogP contribution < -0.4 is 4.57 Å². The summed E-state index contributed by atoms with van der Waals surface area (Å²) in [5, 5.41) is 1.44. The number of rotatable bonds is 1. The van der Waals surface area contributed by atoms with Crippen molar-refractivity contribution in [2.24, 2.45) is 12.5 Å². The Morgan fingerprint density at radius 1 is 1.10 bits per heavy atom. The molecule has 0 aliphatic heterocycles. The maximum Gasteiger partial charge on any atom is 0.204 e. The highest BCUT2D eigenvalue weighted by molar-refractivity contribution is 7.19. The van der Waals surface area contributed by atoms with Crippen molar-refractivity contribution in [2.75, 3.05) is 0 Å². The smallest absolute Gasteiger partial charge is 0.203 e. The zero-order valence-corrected chi connectivity index (χ0v) is 15.0. The first-order valence-corrected chi connectivity index (χ1v) is 8.23. The summed E-state index contributed by atoms with van der Waals surface area (Å²) >= 11 is 2.00. The minimum Gasteiger partial charge on any atom is -0.203 e. The summed E-state index contributed by atoms with van der Waals surface area (Å²) in [4.78, 5) is 1.55. The molecule has 0 unspecified atom stereocenters. The van der Waals surface area contributed by atoms with Crippen molar-refractivity contribution < 1.29 is 4.57 Å². The molecule has 2 rings (SSSR count). The van der Waals surface area contributed by atoms with Crippen molar-refractivity contribution in [1.29, 1.82) is 0 Å². The highest BCUT2D eigenvalue weighted by Gasteiger charge is 2.29. The molecular weight excluding hydrogens is 262 g/mol. The highest BCUT2D eigenvalue weighted by Crippen LogP contribution is 2.38. The van der Waals surface area contributed by atoms with Gasteiger partial charge >= 0.3 is 0 Å². The van der Waals surface area contributed by atoms with Crippen molar-refractivity contribution in [1.82, 2.24) is 0 Å². The van der Waals surface area contributed by atoms with Crippen molar-refractivity contribution >= 4 is 21.4 Å². The van der Waals surface area contributed by atoms with Crippen molar-refractivity contribution in [3.05, 3.63) is 28.4 Å². The molecule has 2 aromatic heterocycles. The second-order valence-corrected chi connectivity index (χ2v) is 9.26. The standard InChI is InChI=1S/C18H28NS/c1-12-13-9-10-19(8)16(18(5,6)7)15(13)20-14(12)11-17(2,3)4/h9-10H,11H2,1-8H3/q+1. The van der Waals surface area contributed by atoms with Crippen molar-refractivity contribution in [3.63, 3.8) is 0 Å². The number of thiophene rings is 1. The number of hydrogen-bond donors (Lipinski definition) is 0. The van der Waals surface area contributed by atoms with Gasteiger partial charge in [-0.2, -0.15) is 0 Å². The average molecular weight is 290 g/mol. The third-order valence-electron chi connectivity index (χ3n) is 3.73. The van der Waals surface area contributed by atoms with E-state index in [1.54, 1.807) is 4.88 Å². The van der Waals surface area contributed by atoms with E-state index in [1.165, 1.54) is 21.3 Å². The van der Waals surface area contributed by atoms with E-state index in [1.807, 2.05) is 11.3 Å². The average Bonchev–Trinajstić information content (AvgIpc) is 2.51. The third kappa shape index (κ3) is 2.90. The molecule has 0 spiro atoms. The first kappa shape index (κ1) is 15.5. The van der Waals surface area contributed by atoms with Crippen LogP contribution in [0.4, 0.5) is 0 Å². The maximum absolute atomic E-state index is 2.32. The molecule has 0 aliphatic carbocycles. The molecular formula is C18H28NS+. The Bertz CT molecular complexity index is 636. The van der Waals surface area contributed by atoms with Crippen LogP contribution in [-0.2, 0) is 18.9 Å². The molecule has 0 amide bonds. The summed E-state index contributed by atoms with van der Waals surface area (Å²) in [6.45, 7) is 16.2. The molecule has 0 aliphatic rings. The van der Waals surface area contributed by atoms with Gasteiger partial charge in [-0.05, 0) is 24.3 Å². The van der Waals surface area contributed by atoms with Crippen LogP contribution in [0, 0.1) is 12.3 Å². The highest BCUT2D eigenvalue weighted by atomic mass is 32.1. The Kier molecular flexibility index (Phi) is 3.75. The second-order valence-electron chi connectivity index (χ2n) is 8.16. The van der Waals surface area contributed by atoms with Gasteiger partial charge in [0.05, 0.1) is 0 Å². The van der Waals surface area contributed by atoms with Gasteiger partial charge in [-0.15, -0.1) is 11.3 Å². The van der Waals surface area contributed by atoms with E-state index in [4.69, 9.17) is 0 Å². The molecule has 0 saturated carbocycles. The van der Waals surface area contributed by atoms with Gasteiger partial charge in [0, 0.05) is 21.7 Å². The minimum atomic E-state index is 0.171. The molecule has 110 valence electrons. The molecule has 20 heavy (non-hydrogen) atoms. The third-order valence-corrected chi connectivity index (χ3v) is 5.04. The van der Waals surface area contributed by atoms with E-state index in [0.717, 1.165) is 6.42 Å². The van der Waals surface area contributed by atoms with Crippen LogP contribution in [0.5, 0.6) is 0 Å². The molecule has 1 nitrogen and oxygen atoms in total. The second kappa shape index (κ2) is 4.84. The van der Waals surface area contributed by atoms with Crippen LogP contribution in [0.15, 0.2) is 12.3 Å². The van der Waals surface area contributed by atoms with Gasteiger partial charge in [-0.3, -0.25) is 0 Å². The summed E-state index contributed by atoms with van der Waals surface area (Å²) in [7, 11) is 2.17. The molecule has 0 saturated heterocycles. The lowest BCUT2D eigenvalue weighted by Crippen LogP contribution is -2.39. The molecule has 0 fully saturated rings. The molecule has 2 heteroatoms. The molecule has 0 atom stereocenters. The van der Waals surface area contributed by atoms with Gasteiger partial charge in [0.15, 0.2) is 6.20 Å². The van der Waals surface area contributed by atoms with Gasteiger partial charge in [-0.1, -0.05) is 41.5 Å². The molecule has 0 radical (unpaired) electrons. The monoisotopic (exact) mass is 290 g/mol. The summed E-state index contributed by atoms with van der Waals surface area (Å²) in [6.07, 6.45) is 3.37. The number of fused-ring (bicyclic) bond motifs is 1. The molecule has 0 aromatic carbocycles. The number of pyridine rings is 1. The minimum absolute atomic E-state index is 0.171. The number of aryl methyl sites for hydroxylation is 2. The Labute approximate surface area is 127 Å². The van der Waals surface area contributed by atoms with Gasteiger partial charge in [0.2, 0.25) is 5.69 Å². The van der Waals surface area contributed by atoms with E-state index in [-0.39, 0.29) is 5.41 Å². The van der Waals surface area contributed by atoms with Gasteiger partial charge in [-0.25, -0.2) is 4.57 Å². The van der Waals surface area contributed by atoms with Crippen LogP contribution in [-0.4, -0.2) is 0 Å². The fourth-order valence-electron chi connectivity index (χ4n) is 2.89. The predicted molar refractivity (Wildman–Crippen MR) is 89.6 cm³/mol. The quantitative estimate of drug-likeness (QED) is 0.656. The molecule has 2 aromatic rings. The van der Waals surface area contributed by atoms with Crippen molar-refractivity contribution in [2.45, 2.75) is 60.3 Å². The largest absolute Gasteiger partial charge is 0.204 e. The van der Waals surface area contributed by atoms with Gasteiger partial charge in [0.1, 0.15) is 11.7 Å². The predicted octanol–water partition coefficient (Wildman–Crippen LogP) is 4.92. The Morgan fingerprint density at radius 2 is 1.70 bits per heavy atom. The van der Waals surface area contributed by atoms with E-state index < -0.39 is 0 Å². The lowest BCUT2D eigenvalue weighted by atomic mass is 9.89. The van der Waals surface area contributed by atoms with E-state index >= 15 is 0 Å². The lowest BCUT2D eigenvalue weighted by Gasteiger charge is -2.17. The number of hydrogen-bond acceptors (Lipinski definition) is 1. The maximum atomic E-state index is 2.32. The zero-order chi connectivity index (χ0) is 15.3. The summed E-state index contributed by atoms with van der Waals surface area (Å²) in [5.74, 6) is 0. The SMILES string of the molecule is Cc1c(CC(C)(C)C)sc2c(C(C)(C)C)[n+](C)ccc12. The van der Waals surface area contributed by atoms with Crippen LogP contribution >= 0.6 is 11.3 Å². The van der Waals surface area contributed by atoms with E-state index in [2.05, 4.69) is 72.3 Å². The summed E-state index contributed by atoms with van der Waals surface area (Å²) in [6, 6.07) is 2.28. The van der Waals surface area contributed by atoms with Crippen LogP contribution in [0.1, 0.15) is 57.7 Å². The normalized spacial score (nSPS) is 13.2. The fraction of sp³-hybridized carbons (Fsp3) is 0.611. The summed E-state index contributed by atoms with van der Waals surface area (Å²) < 4.78 is 3.76. The lowest BCUT2D eigenvalue weighted by molar-refractivity contribution is -0.680. The van der Waals surface area contributed by atoms with Crippen LogP contribution in [0.2, 0.25) is 0 Å². The Morgan fingerprint density at radius 3 is 2.20 bits per heavy atom. The summed E-state index contributed by atoms with van der Waals surface area (Å²) in [5.41, 5.74) is 3.44. The molecule has 2 heterocycles. The fourth-order valence-corrected chi connectivity index (χ4v) is 4.79. The molecule has 0 bridgehead atoms. The number of nitrogens with zero attached hydrogens (tertiary/aromatic N) is 1. The van der Waals surface area contributed by atoms with Gasteiger partial charge < -0.3 is 0 Å². The van der Waals surface area contributed by atoms with Gasteiger partial charge in [0.25, 0.3) is 0 Å². The van der Waals surface area contributed by atoms with E-state index in [0.29, 0.717) is 5.41 Å². The van der Waals surface area contributed by atoms with Crippen molar-refractivity contribution in [3.8, 4) is 0 Å². The van der Waals surface area contributed by atoms with Crippen LogP contribution in [0.25, 0.3) is 10.1 Å². The Balaban J connectivity index is 2.71.